The molecular formula is C28H20FN3. The maximum Gasteiger partial charge on any atom is 0.164 e. The number of nitrogens with zero attached hydrogens (tertiary/aromatic N) is 3. The van der Waals surface area contributed by atoms with Crippen molar-refractivity contribution in [3.05, 3.63) is 115 Å². The van der Waals surface area contributed by atoms with E-state index in [-0.39, 0.29) is 5.82 Å². The summed E-state index contributed by atoms with van der Waals surface area (Å²) in [6.07, 6.45) is 0. The van der Waals surface area contributed by atoms with E-state index in [0.29, 0.717) is 17.5 Å². The zero-order valence-electron chi connectivity index (χ0n) is 17.5. The highest BCUT2D eigenvalue weighted by molar-refractivity contribution is 5.74. The average molecular weight is 417 g/mol. The third-order valence-electron chi connectivity index (χ3n) is 5.35. The average Bonchev–Trinajstić information content (AvgIpc) is 2.86. The zero-order chi connectivity index (χ0) is 21.9. The molecule has 1 aromatic heterocycles. The summed E-state index contributed by atoms with van der Waals surface area (Å²) in [5.74, 6) is 1.60. The van der Waals surface area contributed by atoms with Gasteiger partial charge in [-0.05, 0) is 41.8 Å². The normalized spacial score (nSPS) is 10.8. The van der Waals surface area contributed by atoms with Gasteiger partial charge in [0.2, 0.25) is 0 Å². The SMILES string of the molecule is Cc1ccc(-c2nc(-c3ccccc3)nc(-c3ccccc3)n2)cc1-c1ccc(F)cc1. The van der Waals surface area contributed by atoms with Crippen LogP contribution < -0.4 is 0 Å². The maximum atomic E-state index is 13.4. The molecule has 0 saturated heterocycles. The van der Waals surface area contributed by atoms with Crippen molar-refractivity contribution in [3.63, 3.8) is 0 Å². The summed E-state index contributed by atoms with van der Waals surface area (Å²) < 4.78 is 13.4. The molecule has 0 atom stereocenters. The second-order valence-corrected chi connectivity index (χ2v) is 7.57. The van der Waals surface area contributed by atoms with E-state index in [9.17, 15) is 4.39 Å². The van der Waals surface area contributed by atoms with Crippen molar-refractivity contribution in [2.24, 2.45) is 0 Å². The smallest absolute Gasteiger partial charge is 0.164 e. The van der Waals surface area contributed by atoms with Gasteiger partial charge in [-0.2, -0.15) is 0 Å². The first-order valence-electron chi connectivity index (χ1n) is 10.4. The minimum absolute atomic E-state index is 0.250. The zero-order valence-corrected chi connectivity index (χ0v) is 17.5. The Bertz CT molecular complexity index is 1310. The molecule has 3 nitrogen and oxygen atoms in total. The molecule has 0 unspecified atom stereocenters. The minimum Gasteiger partial charge on any atom is -0.208 e. The van der Waals surface area contributed by atoms with Gasteiger partial charge in [-0.3, -0.25) is 0 Å². The molecule has 0 spiro atoms. The first kappa shape index (κ1) is 19.8. The van der Waals surface area contributed by atoms with Crippen LogP contribution in [0.2, 0.25) is 0 Å². The van der Waals surface area contributed by atoms with Crippen molar-refractivity contribution in [2.75, 3.05) is 0 Å². The molecule has 0 aliphatic heterocycles. The van der Waals surface area contributed by atoms with Crippen molar-refractivity contribution in [3.8, 4) is 45.3 Å². The van der Waals surface area contributed by atoms with Crippen LogP contribution in [-0.4, -0.2) is 15.0 Å². The summed E-state index contributed by atoms with van der Waals surface area (Å²) in [6.45, 7) is 2.04. The van der Waals surface area contributed by atoms with Crippen molar-refractivity contribution >= 4 is 0 Å². The second-order valence-electron chi connectivity index (χ2n) is 7.57. The fourth-order valence-electron chi connectivity index (χ4n) is 3.64. The lowest BCUT2D eigenvalue weighted by Gasteiger charge is -2.11. The van der Waals surface area contributed by atoms with E-state index < -0.39 is 0 Å². The van der Waals surface area contributed by atoms with Crippen LogP contribution >= 0.6 is 0 Å². The molecule has 5 rings (SSSR count). The molecule has 32 heavy (non-hydrogen) atoms. The van der Waals surface area contributed by atoms with Crippen molar-refractivity contribution in [1.29, 1.82) is 0 Å². The lowest BCUT2D eigenvalue weighted by Crippen LogP contribution is -2.00. The summed E-state index contributed by atoms with van der Waals surface area (Å²) in [5.41, 5.74) is 5.81. The number of aryl methyl sites for hydroxylation is 1. The van der Waals surface area contributed by atoms with Crippen LogP contribution in [0, 0.1) is 12.7 Å². The van der Waals surface area contributed by atoms with Gasteiger partial charge in [0, 0.05) is 16.7 Å². The molecule has 4 aromatic carbocycles. The van der Waals surface area contributed by atoms with E-state index in [1.54, 1.807) is 12.1 Å². The van der Waals surface area contributed by atoms with Gasteiger partial charge in [-0.15, -0.1) is 0 Å². The molecule has 5 aromatic rings. The van der Waals surface area contributed by atoms with E-state index >= 15 is 0 Å². The van der Waals surface area contributed by atoms with E-state index in [1.165, 1.54) is 12.1 Å². The topological polar surface area (TPSA) is 38.7 Å². The Morgan fingerprint density at radius 1 is 0.500 bits per heavy atom. The highest BCUT2D eigenvalue weighted by Crippen LogP contribution is 2.30. The molecule has 0 saturated carbocycles. The number of benzene rings is 4. The van der Waals surface area contributed by atoms with E-state index in [4.69, 9.17) is 15.0 Å². The van der Waals surface area contributed by atoms with E-state index in [2.05, 4.69) is 6.07 Å². The monoisotopic (exact) mass is 417 g/mol. The Morgan fingerprint density at radius 2 is 0.969 bits per heavy atom. The molecule has 0 N–H and O–H groups in total. The van der Waals surface area contributed by atoms with Gasteiger partial charge in [-0.25, -0.2) is 19.3 Å². The standard InChI is InChI=1S/C28H20FN3/c1-19-12-13-23(18-25(19)20-14-16-24(29)17-15-20)28-31-26(21-8-4-2-5-9-21)30-27(32-28)22-10-6-3-7-11-22/h2-18H,1H3. The number of aromatic nitrogens is 3. The van der Waals surface area contributed by atoms with E-state index in [0.717, 1.165) is 33.4 Å². The highest BCUT2D eigenvalue weighted by atomic mass is 19.1. The fourth-order valence-corrected chi connectivity index (χ4v) is 3.64. The van der Waals surface area contributed by atoms with Crippen molar-refractivity contribution in [1.82, 2.24) is 15.0 Å². The number of hydrogen-bond donors (Lipinski definition) is 0. The second kappa shape index (κ2) is 8.52. The molecule has 0 bridgehead atoms. The van der Waals surface area contributed by atoms with Crippen LogP contribution in [0.4, 0.5) is 4.39 Å². The molecule has 0 fully saturated rings. The summed E-state index contributed by atoms with van der Waals surface area (Å²) in [7, 11) is 0. The summed E-state index contributed by atoms with van der Waals surface area (Å²) in [4.78, 5) is 14.3. The molecule has 0 amide bonds. The van der Waals surface area contributed by atoms with Gasteiger partial charge in [0.1, 0.15) is 5.82 Å². The molecular weight excluding hydrogens is 397 g/mol. The van der Waals surface area contributed by atoms with Gasteiger partial charge < -0.3 is 0 Å². The van der Waals surface area contributed by atoms with Gasteiger partial charge >= 0.3 is 0 Å². The van der Waals surface area contributed by atoms with Gasteiger partial charge in [0.25, 0.3) is 0 Å². The summed E-state index contributed by atoms with van der Waals surface area (Å²) >= 11 is 0. The van der Waals surface area contributed by atoms with Crippen LogP contribution in [0.5, 0.6) is 0 Å². The number of halogens is 1. The van der Waals surface area contributed by atoms with Crippen molar-refractivity contribution < 1.29 is 4.39 Å². The van der Waals surface area contributed by atoms with Crippen LogP contribution in [-0.2, 0) is 0 Å². The lowest BCUT2D eigenvalue weighted by molar-refractivity contribution is 0.628. The molecule has 154 valence electrons. The first-order chi connectivity index (χ1) is 15.7. The predicted octanol–water partition coefficient (Wildman–Crippen LogP) is 6.99. The quantitative estimate of drug-likeness (QED) is 0.316. The Balaban J connectivity index is 1.68. The summed E-state index contributed by atoms with van der Waals surface area (Å²) in [6, 6.07) is 32.5. The number of hydrogen-bond acceptors (Lipinski definition) is 3. The third-order valence-corrected chi connectivity index (χ3v) is 5.35. The van der Waals surface area contributed by atoms with Crippen LogP contribution in [0.25, 0.3) is 45.3 Å². The largest absolute Gasteiger partial charge is 0.208 e. The Hall–Kier alpha value is -4.18. The number of rotatable bonds is 4. The Morgan fingerprint density at radius 3 is 1.50 bits per heavy atom. The molecule has 4 heteroatoms. The molecule has 0 aliphatic carbocycles. The highest BCUT2D eigenvalue weighted by Gasteiger charge is 2.13. The first-order valence-corrected chi connectivity index (χ1v) is 10.4. The predicted molar refractivity (Wildman–Crippen MR) is 126 cm³/mol. The maximum absolute atomic E-state index is 13.4. The van der Waals surface area contributed by atoms with Gasteiger partial charge in [0.05, 0.1) is 0 Å². The minimum atomic E-state index is -0.250. The lowest BCUT2D eigenvalue weighted by atomic mass is 9.98. The van der Waals surface area contributed by atoms with Gasteiger partial charge in [0.15, 0.2) is 17.5 Å². The van der Waals surface area contributed by atoms with Crippen molar-refractivity contribution in [2.45, 2.75) is 6.92 Å². The molecule has 0 radical (unpaired) electrons. The van der Waals surface area contributed by atoms with Crippen LogP contribution in [0.1, 0.15) is 5.56 Å². The summed E-state index contributed by atoms with van der Waals surface area (Å²) in [5, 5.41) is 0. The van der Waals surface area contributed by atoms with Gasteiger partial charge in [-0.1, -0.05) is 84.9 Å². The van der Waals surface area contributed by atoms with Crippen LogP contribution in [0.15, 0.2) is 103 Å². The fraction of sp³-hybridized carbons (Fsp3) is 0.0357. The third kappa shape index (κ3) is 4.03. The molecule has 1 heterocycles. The van der Waals surface area contributed by atoms with E-state index in [1.807, 2.05) is 79.7 Å². The Kier molecular flexibility index (Phi) is 5.26. The molecule has 0 aliphatic rings. The Labute approximate surface area is 186 Å². The van der Waals surface area contributed by atoms with Crippen LogP contribution in [0.3, 0.4) is 0 Å².